The number of rotatable bonds is 5. The van der Waals surface area contributed by atoms with Crippen LogP contribution in [0, 0.1) is 11.3 Å². The summed E-state index contributed by atoms with van der Waals surface area (Å²) < 4.78 is 33.5. The molecule has 1 rings (SSSR count). The molecule has 1 aromatic rings. The van der Waals surface area contributed by atoms with Gasteiger partial charge in [0.1, 0.15) is 24.0 Å². The minimum Gasteiger partial charge on any atom is -0.494 e. The van der Waals surface area contributed by atoms with Crippen molar-refractivity contribution < 1.29 is 28.2 Å². The van der Waals surface area contributed by atoms with E-state index in [-0.39, 0.29) is 17.1 Å². The van der Waals surface area contributed by atoms with E-state index in [4.69, 9.17) is 15.1 Å². The molecule has 7 heteroatoms. The van der Waals surface area contributed by atoms with Crippen molar-refractivity contribution in [3.8, 4) is 17.6 Å². The van der Waals surface area contributed by atoms with Gasteiger partial charge in [-0.15, -0.1) is 0 Å². The third-order valence-corrected chi connectivity index (χ3v) is 2.02. The molecule has 0 unspecified atom stereocenters. The second-order valence-electron chi connectivity index (χ2n) is 3.14. The van der Waals surface area contributed by atoms with Crippen LogP contribution in [-0.2, 0) is 0 Å². The first-order chi connectivity index (χ1) is 8.51. The molecule has 1 aromatic carbocycles. The number of hydrogen-bond donors (Lipinski definition) is 1. The maximum absolute atomic E-state index is 12.0. The summed E-state index contributed by atoms with van der Waals surface area (Å²) in [6.07, 6.45) is -2.73. The lowest BCUT2D eigenvalue weighted by molar-refractivity contribution is 0.0659. The van der Waals surface area contributed by atoms with Crippen molar-refractivity contribution in [2.45, 2.75) is 6.43 Å². The van der Waals surface area contributed by atoms with Gasteiger partial charge in [0, 0.05) is 0 Å². The molecule has 0 aliphatic rings. The van der Waals surface area contributed by atoms with Crippen molar-refractivity contribution in [1.82, 2.24) is 0 Å². The largest absolute Gasteiger partial charge is 0.494 e. The van der Waals surface area contributed by atoms with Gasteiger partial charge in [-0.3, -0.25) is 0 Å². The topological polar surface area (TPSA) is 79.5 Å². The van der Waals surface area contributed by atoms with Crippen LogP contribution in [0.1, 0.15) is 15.9 Å². The average molecular weight is 257 g/mol. The van der Waals surface area contributed by atoms with Gasteiger partial charge in [0.25, 0.3) is 6.43 Å². The summed E-state index contributed by atoms with van der Waals surface area (Å²) in [5.41, 5.74) is -0.462. The molecule has 0 aliphatic carbocycles. The van der Waals surface area contributed by atoms with E-state index in [0.29, 0.717) is 0 Å². The van der Waals surface area contributed by atoms with Gasteiger partial charge in [-0.2, -0.15) is 5.26 Å². The van der Waals surface area contributed by atoms with Gasteiger partial charge in [-0.25, -0.2) is 13.6 Å². The number of halogens is 2. The van der Waals surface area contributed by atoms with E-state index < -0.39 is 24.6 Å². The predicted molar refractivity (Wildman–Crippen MR) is 56.2 cm³/mol. The normalized spacial score (nSPS) is 9.94. The molecule has 0 saturated heterocycles. The number of carbonyl (C=O) groups is 1. The number of hydrogen-bond acceptors (Lipinski definition) is 4. The summed E-state index contributed by atoms with van der Waals surface area (Å²) in [5.74, 6) is -1.90. The minimum absolute atomic E-state index is 0.0145. The van der Waals surface area contributed by atoms with E-state index in [1.165, 1.54) is 13.2 Å². The molecular formula is C11H9F2NO4. The first-order valence-corrected chi connectivity index (χ1v) is 4.76. The Morgan fingerprint density at radius 2 is 2.22 bits per heavy atom. The summed E-state index contributed by atoms with van der Waals surface area (Å²) in [6, 6.07) is 4.13. The number of nitriles is 1. The lowest BCUT2D eigenvalue weighted by Gasteiger charge is -2.12. The Kier molecular flexibility index (Phi) is 4.43. The van der Waals surface area contributed by atoms with Crippen molar-refractivity contribution in [2.24, 2.45) is 0 Å². The highest BCUT2D eigenvalue weighted by Gasteiger charge is 2.22. The van der Waals surface area contributed by atoms with Crippen LogP contribution in [0.15, 0.2) is 12.1 Å². The van der Waals surface area contributed by atoms with Crippen LogP contribution in [0.5, 0.6) is 11.5 Å². The quantitative estimate of drug-likeness (QED) is 0.871. The number of carboxylic acids is 1. The fraction of sp³-hybridized carbons (Fsp3) is 0.273. The lowest BCUT2D eigenvalue weighted by atomic mass is 10.1. The maximum atomic E-state index is 12.0. The van der Waals surface area contributed by atoms with E-state index in [1.807, 2.05) is 0 Å². The molecule has 0 saturated carbocycles. The SMILES string of the molecule is COc1c(C#N)ccc(OCC(F)F)c1C(=O)O. The van der Waals surface area contributed by atoms with Crippen LogP contribution >= 0.6 is 0 Å². The number of methoxy groups -OCH3 is 1. The van der Waals surface area contributed by atoms with Crippen LogP contribution in [0.4, 0.5) is 8.78 Å². The zero-order valence-corrected chi connectivity index (χ0v) is 9.31. The second kappa shape index (κ2) is 5.82. The molecule has 0 fully saturated rings. The van der Waals surface area contributed by atoms with Gasteiger partial charge in [-0.1, -0.05) is 0 Å². The Morgan fingerprint density at radius 3 is 2.67 bits per heavy atom. The maximum Gasteiger partial charge on any atom is 0.343 e. The number of carboxylic acid groups (broad SMARTS) is 1. The van der Waals surface area contributed by atoms with Gasteiger partial charge in [0.15, 0.2) is 5.75 Å². The Labute approximate surface area is 101 Å². The summed E-state index contributed by atoms with van der Waals surface area (Å²) in [4.78, 5) is 11.1. The van der Waals surface area contributed by atoms with Crippen molar-refractivity contribution >= 4 is 5.97 Å². The van der Waals surface area contributed by atoms with Gasteiger partial charge >= 0.3 is 5.97 Å². The van der Waals surface area contributed by atoms with Crippen LogP contribution < -0.4 is 9.47 Å². The Morgan fingerprint density at radius 1 is 1.56 bits per heavy atom. The number of benzene rings is 1. The monoisotopic (exact) mass is 257 g/mol. The van der Waals surface area contributed by atoms with Crippen molar-refractivity contribution in [3.63, 3.8) is 0 Å². The standard InChI is InChI=1S/C11H9F2NO4/c1-17-10-6(4-14)2-3-7(9(10)11(15)16)18-5-8(12)13/h2-3,8H,5H2,1H3,(H,15,16). The summed E-state index contributed by atoms with van der Waals surface area (Å²) in [7, 11) is 1.18. The molecule has 0 bridgehead atoms. The number of alkyl halides is 2. The summed E-state index contributed by atoms with van der Waals surface area (Å²) in [6.45, 7) is -0.935. The average Bonchev–Trinajstić information content (AvgIpc) is 2.34. The first kappa shape index (κ1) is 13.7. The van der Waals surface area contributed by atoms with Gasteiger partial charge < -0.3 is 14.6 Å². The number of ether oxygens (including phenoxy) is 2. The molecular weight excluding hydrogens is 248 g/mol. The highest BCUT2D eigenvalue weighted by atomic mass is 19.3. The van der Waals surface area contributed by atoms with Crippen LogP contribution in [0.25, 0.3) is 0 Å². The molecule has 0 amide bonds. The smallest absolute Gasteiger partial charge is 0.343 e. The van der Waals surface area contributed by atoms with Crippen LogP contribution in [-0.4, -0.2) is 31.2 Å². The molecule has 0 aromatic heterocycles. The molecule has 5 nitrogen and oxygen atoms in total. The van der Waals surface area contributed by atoms with E-state index >= 15 is 0 Å². The zero-order chi connectivity index (χ0) is 13.7. The van der Waals surface area contributed by atoms with Crippen molar-refractivity contribution in [2.75, 3.05) is 13.7 Å². The highest BCUT2D eigenvalue weighted by molar-refractivity contribution is 5.95. The third-order valence-electron chi connectivity index (χ3n) is 2.02. The predicted octanol–water partition coefficient (Wildman–Crippen LogP) is 1.91. The molecule has 0 spiro atoms. The Balaban J connectivity index is 3.27. The van der Waals surface area contributed by atoms with Crippen molar-refractivity contribution in [3.05, 3.63) is 23.3 Å². The first-order valence-electron chi connectivity index (χ1n) is 4.76. The van der Waals surface area contributed by atoms with Gasteiger partial charge in [-0.05, 0) is 12.1 Å². The molecule has 96 valence electrons. The molecule has 0 radical (unpaired) electrons. The van der Waals surface area contributed by atoms with E-state index in [2.05, 4.69) is 4.74 Å². The molecule has 0 heterocycles. The van der Waals surface area contributed by atoms with E-state index in [1.54, 1.807) is 6.07 Å². The fourth-order valence-electron chi connectivity index (χ4n) is 1.34. The Hall–Kier alpha value is -2.36. The Bertz CT molecular complexity index is 497. The second-order valence-corrected chi connectivity index (χ2v) is 3.14. The molecule has 18 heavy (non-hydrogen) atoms. The highest BCUT2D eigenvalue weighted by Crippen LogP contribution is 2.32. The van der Waals surface area contributed by atoms with Crippen LogP contribution in [0.2, 0.25) is 0 Å². The van der Waals surface area contributed by atoms with Crippen LogP contribution in [0.3, 0.4) is 0 Å². The number of aromatic carboxylic acids is 1. The lowest BCUT2D eigenvalue weighted by Crippen LogP contribution is -2.11. The van der Waals surface area contributed by atoms with Gasteiger partial charge in [0.2, 0.25) is 0 Å². The van der Waals surface area contributed by atoms with Crippen molar-refractivity contribution in [1.29, 1.82) is 5.26 Å². The van der Waals surface area contributed by atoms with E-state index in [0.717, 1.165) is 6.07 Å². The molecule has 0 atom stereocenters. The fourth-order valence-corrected chi connectivity index (χ4v) is 1.34. The van der Waals surface area contributed by atoms with Gasteiger partial charge in [0.05, 0.1) is 12.7 Å². The molecule has 0 aliphatic heterocycles. The summed E-state index contributed by atoms with van der Waals surface area (Å²) >= 11 is 0. The number of nitrogens with zero attached hydrogens (tertiary/aromatic N) is 1. The third kappa shape index (κ3) is 2.85. The summed E-state index contributed by atoms with van der Waals surface area (Å²) in [5, 5.41) is 17.8. The molecule has 1 N–H and O–H groups in total. The zero-order valence-electron chi connectivity index (χ0n) is 9.31. The minimum atomic E-state index is -2.73. The van der Waals surface area contributed by atoms with E-state index in [9.17, 15) is 13.6 Å².